The highest BCUT2D eigenvalue weighted by atomic mass is 19.4. The third-order valence-electron chi connectivity index (χ3n) is 2.55. The maximum Gasteiger partial charge on any atom is 0.418 e. The molecule has 19 heavy (non-hydrogen) atoms. The molecular formula is C14H23F3N2. The molecule has 110 valence electrons. The van der Waals surface area contributed by atoms with E-state index in [9.17, 15) is 13.2 Å². The summed E-state index contributed by atoms with van der Waals surface area (Å²) in [5, 5.41) is 0. The average Bonchev–Trinajstić information content (AvgIpc) is 3.15. The average molecular weight is 276 g/mol. The molecule has 0 spiro atoms. The molecule has 5 heteroatoms. The molecule has 0 aliphatic heterocycles. The Balaban J connectivity index is 0.000000741. The Morgan fingerprint density at radius 2 is 1.63 bits per heavy atom. The van der Waals surface area contributed by atoms with Crippen LogP contribution in [0.25, 0.3) is 0 Å². The van der Waals surface area contributed by atoms with E-state index < -0.39 is 11.7 Å². The number of anilines is 1. The summed E-state index contributed by atoms with van der Waals surface area (Å²) in [5.41, 5.74) is 5.15. The first-order valence-electron chi connectivity index (χ1n) is 6.74. The summed E-state index contributed by atoms with van der Waals surface area (Å²) in [6.45, 7) is 9.35. The van der Waals surface area contributed by atoms with Gasteiger partial charge >= 0.3 is 6.18 Å². The first kappa shape index (κ1) is 17.7. The zero-order valence-electron chi connectivity index (χ0n) is 12.2. The van der Waals surface area contributed by atoms with Crippen molar-refractivity contribution in [3.63, 3.8) is 0 Å². The van der Waals surface area contributed by atoms with Crippen molar-refractivity contribution in [2.45, 2.75) is 59.6 Å². The number of alkyl halides is 3. The zero-order valence-corrected chi connectivity index (χ0v) is 12.2. The molecule has 0 unspecified atom stereocenters. The van der Waals surface area contributed by atoms with Gasteiger partial charge in [0.2, 0.25) is 0 Å². The van der Waals surface area contributed by atoms with E-state index in [0.29, 0.717) is 5.56 Å². The van der Waals surface area contributed by atoms with E-state index in [1.807, 2.05) is 27.7 Å². The SMILES string of the molecule is CC.CC.Cc1nc(N)cc(C2CC2)c1C(F)(F)F. The number of nitrogen functional groups attached to an aromatic ring is 1. The summed E-state index contributed by atoms with van der Waals surface area (Å²) in [6, 6.07) is 1.35. The van der Waals surface area contributed by atoms with Crippen molar-refractivity contribution in [3.05, 3.63) is 22.9 Å². The lowest BCUT2D eigenvalue weighted by molar-refractivity contribution is -0.138. The van der Waals surface area contributed by atoms with E-state index in [1.165, 1.54) is 13.0 Å². The van der Waals surface area contributed by atoms with Crippen LogP contribution >= 0.6 is 0 Å². The molecule has 0 bridgehead atoms. The standard InChI is InChI=1S/C10H11F3N2.2C2H6/c1-5-9(10(11,12)13)7(6-2-3-6)4-8(14)15-5;2*1-2/h4,6H,2-3H2,1H3,(H2,14,15);2*1-2H3. The highest BCUT2D eigenvalue weighted by Gasteiger charge is 2.40. The van der Waals surface area contributed by atoms with Gasteiger partial charge in [0.25, 0.3) is 0 Å². The van der Waals surface area contributed by atoms with Crippen LogP contribution in [-0.4, -0.2) is 4.98 Å². The third-order valence-corrected chi connectivity index (χ3v) is 2.55. The first-order chi connectivity index (χ1) is 8.89. The lowest BCUT2D eigenvalue weighted by Gasteiger charge is -2.15. The lowest BCUT2D eigenvalue weighted by Crippen LogP contribution is -2.13. The molecule has 2 N–H and O–H groups in total. The van der Waals surface area contributed by atoms with Crippen LogP contribution in [0.2, 0.25) is 0 Å². The second kappa shape index (κ2) is 7.36. The molecule has 0 radical (unpaired) electrons. The highest BCUT2D eigenvalue weighted by molar-refractivity contribution is 5.45. The van der Waals surface area contributed by atoms with Crippen molar-refractivity contribution in [3.8, 4) is 0 Å². The summed E-state index contributed by atoms with van der Waals surface area (Å²) >= 11 is 0. The second-order valence-corrected chi connectivity index (χ2v) is 3.87. The maximum atomic E-state index is 12.7. The van der Waals surface area contributed by atoms with Crippen LogP contribution in [0.4, 0.5) is 19.0 Å². The topological polar surface area (TPSA) is 38.9 Å². The molecular weight excluding hydrogens is 253 g/mol. The Kier molecular flexibility index (Phi) is 6.87. The van der Waals surface area contributed by atoms with E-state index in [-0.39, 0.29) is 17.4 Å². The van der Waals surface area contributed by atoms with Crippen LogP contribution in [0.15, 0.2) is 6.07 Å². The van der Waals surface area contributed by atoms with Crippen molar-refractivity contribution in [2.75, 3.05) is 5.73 Å². The van der Waals surface area contributed by atoms with E-state index >= 15 is 0 Å². The number of aryl methyl sites for hydroxylation is 1. The molecule has 1 aliphatic carbocycles. The molecule has 2 nitrogen and oxygen atoms in total. The van der Waals surface area contributed by atoms with Crippen LogP contribution < -0.4 is 5.73 Å². The number of halogens is 3. The van der Waals surface area contributed by atoms with Gasteiger partial charge in [-0.25, -0.2) is 4.98 Å². The fourth-order valence-electron chi connectivity index (χ4n) is 1.81. The number of rotatable bonds is 1. The van der Waals surface area contributed by atoms with Gasteiger partial charge in [-0.05, 0) is 37.3 Å². The number of pyridine rings is 1. The van der Waals surface area contributed by atoms with E-state index in [4.69, 9.17) is 5.73 Å². The van der Waals surface area contributed by atoms with Crippen molar-refractivity contribution >= 4 is 5.82 Å². The summed E-state index contributed by atoms with van der Waals surface area (Å²) in [5.74, 6) is 0.188. The van der Waals surface area contributed by atoms with Gasteiger partial charge in [-0.3, -0.25) is 0 Å². The summed E-state index contributed by atoms with van der Waals surface area (Å²) < 4.78 is 38.2. The minimum atomic E-state index is -4.33. The van der Waals surface area contributed by atoms with Gasteiger partial charge in [0.1, 0.15) is 5.82 Å². The van der Waals surface area contributed by atoms with Gasteiger partial charge in [0.15, 0.2) is 0 Å². The highest BCUT2D eigenvalue weighted by Crippen LogP contribution is 2.47. The third kappa shape index (κ3) is 4.73. The smallest absolute Gasteiger partial charge is 0.384 e. The zero-order chi connectivity index (χ0) is 15.2. The first-order valence-corrected chi connectivity index (χ1v) is 6.74. The monoisotopic (exact) mass is 276 g/mol. The largest absolute Gasteiger partial charge is 0.418 e. The normalized spacial score (nSPS) is 13.9. The summed E-state index contributed by atoms with van der Waals surface area (Å²) in [6.07, 6.45) is -2.71. The number of nitrogens with zero attached hydrogens (tertiary/aromatic N) is 1. The molecule has 1 fully saturated rings. The summed E-state index contributed by atoms with van der Waals surface area (Å²) in [4.78, 5) is 3.67. The van der Waals surface area contributed by atoms with Crippen LogP contribution in [0.5, 0.6) is 0 Å². The van der Waals surface area contributed by atoms with Crippen LogP contribution in [0, 0.1) is 6.92 Å². The minimum absolute atomic E-state index is 0.0191. The predicted octanol–water partition coefficient (Wildman–Crippen LogP) is 4.92. The Hall–Kier alpha value is -1.26. The van der Waals surface area contributed by atoms with Crippen molar-refractivity contribution < 1.29 is 13.2 Å². The number of aromatic nitrogens is 1. The molecule has 2 rings (SSSR count). The second-order valence-electron chi connectivity index (χ2n) is 3.87. The Labute approximate surface area is 113 Å². The predicted molar refractivity (Wildman–Crippen MR) is 73.1 cm³/mol. The molecule has 1 heterocycles. The molecule has 0 saturated heterocycles. The van der Waals surface area contributed by atoms with Gasteiger partial charge in [0.05, 0.1) is 11.3 Å². The Bertz CT molecular complexity index is 396. The van der Waals surface area contributed by atoms with Crippen molar-refractivity contribution in [2.24, 2.45) is 0 Å². The molecule has 0 atom stereocenters. The van der Waals surface area contributed by atoms with Crippen molar-refractivity contribution in [1.82, 2.24) is 4.98 Å². The van der Waals surface area contributed by atoms with Crippen molar-refractivity contribution in [1.29, 1.82) is 0 Å². The molecule has 1 aromatic rings. The molecule has 1 aliphatic rings. The van der Waals surface area contributed by atoms with Gasteiger partial charge in [0, 0.05) is 0 Å². The lowest BCUT2D eigenvalue weighted by atomic mass is 10.0. The van der Waals surface area contributed by atoms with Crippen LogP contribution in [0.3, 0.4) is 0 Å². The molecule has 1 aromatic heterocycles. The van der Waals surface area contributed by atoms with E-state index in [1.54, 1.807) is 0 Å². The summed E-state index contributed by atoms with van der Waals surface area (Å²) in [7, 11) is 0. The fourth-order valence-corrected chi connectivity index (χ4v) is 1.81. The number of hydrogen-bond acceptors (Lipinski definition) is 2. The van der Waals surface area contributed by atoms with E-state index in [2.05, 4.69) is 4.98 Å². The molecule has 0 amide bonds. The van der Waals surface area contributed by atoms with Gasteiger partial charge in [-0.1, -0.05) is 27.7 Å². The maximum absolute atomic E-state index is 12.7. The van der Waals surface area contributed by atoms with Crippen LogP contribution in [0.1, 0.15) is 63.3 Å². The molecule has 0 aromatic carbocycles. The van der Waals surface area contributed by atoms with Gasteiger partial charge in [-0.2, -0.15) is 13.2 Å². The fraction of sp³-hybridized carbons (Fsp3) is 0.643. The number of hydrogen-bond donors (Lipinski definition) is 1. The molecule has 1 saturated carbocycles. The Morgan fingerprint density at radius 3 is 2.00 bits per heavy atom. The quantitative estimate of drug-likeness (QED) is 0.790. The minimum Gasteiger partial charge on any atom is -0.384 e. The Morgan fingerprint density at radius 1 is 1.16 bits per heavy atom. The van der Waals surface area contributed by atoms with Gasteiger partial charge < -0.3 is 5.73 Å². The van der Waals surface area contributed by atoms with Crippen LogP contribution in [-0.2, 0) is 6.18 Å². The van der Waals surface area contributed by atoms with E-state index in [0.717, 1.165) is 12.8 Å². The van der Waals surface area contributed by atoms with Gasteiger partial charge in [-0.15, -0.1) is 0 Å². The number of nitrogens with two attached hydrogens (primary N) is 1.